The van der Waals surface area contributed by atoms with Gasteiger partial charge in [0, 0.05) is 34.2 Å². The minimum absolute atomic E-state index is 0.783. The number of rotatable bonds is 6. The van der Waals surface area contributed by atoms with Gasteiger partial charge in [0.2, 0.25) is 0 Å². The first-order valence-corrected chi connectivity index (χ1v) is 16.5. The van der Waals surface area contributed by atoms with Crippen molar-refractivity contribution in [3.05, 3.63) is 142 Å². The first-order valence-electron chi connectivity index (χ1n) is 15.7. The van der Waals surface area contributed by atoms with Crippen LogP contribution in [0.2, 0.25) is 0 Å². The highest BCUT2D eigenvalue weighted by molar-refractivity contribution is 7.08. The number of benzene rings is 3. The minimum atomic E-state index is 0.783. The van der Waals surface area contributed by atoms with Crippen LogP contribution in [0.1, 0.15) is 93.6 Å². The molecule has 1 aliphatic heterocycles. The van der Waals surface area contributed by atoms with Gasteiger partial charge in [-0.2, -0.15) is 0 Å². The first-order chi connectivity index (χ1) is 21.3. The molecule has 238 valence electrons. The van der Waals surface area contributed by atoms with Gasteiger partial charge < -0.3 is 0 Å². The molecular formula is C41H53N3S. The van der Waals surface area contributed by atoms with Crippen molar-refractivity contribution < 1.29 is 0 Å². The number of hydrogen-bond acceptors (Lipinski definition) is 3. The molecule has 0 unspecified atom stereocenters. The number of fused-ring (bicyclic) bond motifs is 1. The highest BCUT2D eigenvalue weighted by Gasteiger charge is 2.14. The van der Waals surface area contributed by atoms with E-state index in [0.29, 0.717) is 0 Å². The Bertz CT molecular complexity index is 1570. The van der Waals surface area contributed by atoms with Gasteiger partial charge in [-0.1, -0.05) is 129 Å². The average Bonchev–Trinajstić information content (AvgIpc) is 3.36. The van der Waals surface area contributed by atoms with Crippen molar-refractivity contribution in [1.29, 1.82) is 0 Å². The molecule has 0 fully saturated rings. The Balaban J connectivity index is 0.000000288. The van der Waals surface area contributed by atoms with E-state index in [1.807, 2.05) is 46.9 Å². The van der Waals surface area contributed by atoms with Crippen LogP contribution in [0.4, 0.5) is 0 Å². The second-order valence-corrected chi connectivity index (χ2v) is 13.7. The van der Waals surface area contributed by atoms with Crippen LogP contribution in [0.3, 0.4) is 0 Å². The molecule has 0 radical (unpaired) electrons. The van der Waals surface area contributed by atoms with E-state index in [1.54, 1.807) is 11.5 Å². The Morgan fingerprint density at radius 1 is 0.889 bits per heavy atom. The smallest absolute Gasteiger partial charge is 0.0654 e. The number of aliphatic imine (C=N–C) groups is 2. The Morgan fingerprint density at radius 2 is 1.53 bits per heavy atom. The fourth-order valence-corrected chi connectivity index (χ4v) is 4.77. The zero-order valence-corrected chi connectivity index (χ0v) is 30.0. The van der Waals surface area contributed by atoms with Gasteiger partial charge in [0.25, 0.3) is 0 Å². The summed E-state index contributed by atoms with van der Waals surface area (Å²) in [7, 11) is 0. The van der Waals surface area contributed by atoms with Gasteiger partial charge in [-0.25, -0.2) is 0 Å². The number of nitrogens with zero attached hydrogens (tertiary/aromatic N) is 3. The van der Waals surface area contributed by atoms with Crippen LogP contribution < -0.4 is 0 Å². The van der Waals surface area contributed by atoms with E-state index in [-0.39, 0.29) is 0 Å². The van der Waals surface area contributed by atoms with Gasteiger partial charge in [-0.05, 0) is 89.1 Å². The van der Waals surface area contributed by atoms with Crippen molar-refractivity contribution in [2.75, 3.05) is 0 Å². The second-order valence-electron chi connectivity index (χ2n) is 12.5. The van der Waals surface area contributed by atoms with Crippen LogP contribution in [0.25, 0.3) is 11.8 Å². The number of aryl methyl sites for hydroxylation is 2. The zero-order valence-electron chi connectivity index (χ0n) is 29.2. The Kier molecular flexibility index (Phi) is 16.0. The van der Waals surface area contributed by atoms with Crippen LogP contribution in [-0.2, 0) is 13.0 Å². The molecule has 0 N–H and O–H groups in total. The van der Waals surface area contributed by atoms with Gasteiger partial charge in [0.15, 0.2) is 0 Å². The second kappa shape index (κ2) is 19.4. The Labute approximate surface area is 277 Å². The molecule has 0 bridgehead atoms. The molecule has 0 saturated heterocycles. The monoisotopic (exact) mass is 619 g/mol. The highest BCUT2D eigenvalue weighted by Crippen LogP contribution is 2.23. The molecule has 0 atom stereocenters. The topological polar surface area (TPSA) is 29.6 Å². The lowest BCUT2D eigenvalue weighted by Gasteiger charge is -2.08. The van der Waals surface area contributed by atoms with Crippen molar-refractivity contribution in [2.24, 2.45) is 15.9 Å². The van der Waals surface area contributed by atoms with Crippen LogP contribution in [0.15, 0.2) is 113 Å². The molecule has 1 aromatic heterocycles. The Morgan fingerprint density at radius 3 is 2.04 bits per heavy atom. The van der Waals surface area contributed by atoms with E-state index in [1.165, 1.54) is 43.8 Å². The summed E-state index contributed by atoms with van der Waals surface area (Å²) in [5.74, 6) is 0.833. The molecule has 3 nitrogen and oxygen atoms in total. The molecule has 0 saturated carbocycles. The highest BCUT2D eigenvalue weighted by atomic mass is 32.1. The quantitative estimate of drug-likeness (QED) is 0.192. The van der Waals surface area contributed by atoms with Crippen molar-refractivity contribution in [2.45, 2.75) is 82.2 Å². The minimum Gasteiger partial charge on any atom is -0.280 e. The normalized spacial score (nSPS) is 11.2. The molecular weight excluding hydrogens is 567 g/mol. The Hall–Kier alpha value is -4.02. The van der Waals surface area contributed by atoms with E-state index < -0.39 is 0 Å². The SMILES string of the molecule is C=C(C)n1cc(C)s1.CC(C)=CN=C(C)C.CC(C)C.Cc1cccc(Cc2ccc3c(c2)CN=C3/C=C/c2ccccc2)c1. The maximum absolute atomic E-state index is 4.71. The molecule has 0 amide bonds. The molecule has 45 heavy (non-hydrogen) atoms. The van der Waals surface area contributed by atoms with Gasteiger partial charge in [0.1, 0.15) is 0 Å². The summed E-state index contributed by atoms with van der Waals surface area (Å²) in [6.45, 7) is 25.3. The van der Waals surface area contributed by atoms with E-state index in [9.17, 15) is 0 Å². The van der Waals surface area contributed by atoms with Gasteiger partial charge in [0.05, 0.1) is 12.3 Å². The molecule has 5 rings (SSSR count). The van der Waals surface area contributed by atoms with Gasteiger partial charge in [-0.3, -0.25) is 13.9 Å². The summed E-state index contributed by atoms with van der Waals surface area (Å²) in [6.07, 6.45) is 9.18. The average molecular weight is 620 g/mol. The summed E-state index contributed by atoms with van der Waals surface area (Å²) in [5, 5.41) is 0. The maximum Gasteiger partial charge on any atom is 0.0654 e. The van der Waals surface area contributed by atoms with Crippen molar-refractivity contribution >= 4 is 34.7 Å². The summed E-state index contributed by atoms with van der Waals surface area (Å²) >= 11 is 1.73. The van der Waals surface area contributed by atoms with E-state index in [2.05, 4.69) is 135 Å². The lowest BCUT2D eigenvalue weighted by molar-refractivity contribution is 0.737. The van der Waals surface area contributed by atoms with E-state index in [4.69, 9.17) is 4.99 Å². The molecule has 3 aromatic carbocycles. The van der Waals surface area contributed by atoms with Crippen LogP contribution in [0.5, 0.6) is 0 Å². The van der Waals surface area contributed by atoms with Crippen LogP contribution >= 0.6 is 11.5 Å². The van der Waals surface area contributed by atoms with Gasteiger partial charge in [-0.15, -0.1) is 0 Å². The molecule has 0 spiro atoms. The van der Waals surface area contributed by atoms with Crippen LogP contribution in [0, 0.1) is 19.8 Å². The van der Waals surface area contributed by atoms with E-state index in [0.717, 1.165) is 36.0 Å². The standard InChI is InChI=1S/C24H21N.C7H13N.C6H9NS.C4H10/c1-18-6-5-9-20(14-18)15-21-10-12-23-22(16-21)17-25-24(23)13-11-19-7-3-2-4-8-19;1-6(2)5-8-7(3)4;1-5(2)7-4-6(3)8-7;1-4(2)3/h2-14,16H,15,17H2,1H3;5H,1-4H3;4H,1H2,2-3H3;4H,1-3H3/b13-11+;;;. The lowest BCUT2D eigenvalue weighted by atomic mass is 9.97. The third-order valence-corrected chi connectivity index (χ3v) is 7.10. The summed E-state index contributed by atoms with van der Waals surface area (Å²) in [4.78, 5) is 10.1. The van der Waals surface area contributed by atoms with Crippen molar-refractivity contribution in [3.63, 3.8) is 0 Å². The number of aromatic nitrogens is 1. The molecule has 4 heteroatoms. The lowest BCUT2D eigenvalue weighted by Crippen LogP contribution is -1.96. The zero-order chi connectivity index (χ0) is 33.4. The van der Waals surface area contributed by atoms with Gasteiger partial charge >= 0.3 is 0 Å². The molecule has 1 aliphatic rings. The maximum atomic E-state index is 4.71. The van der Waals surface area contributed by atoms with Crippen molar-refractivity contribution in [3.8, 4) is 0 Å². The first kappa shape index (κ1) is 37.2. The third kappa shape index (κ3) is 15.0. The van der Waals surface area contributed by atoms with Crippen LogP contribution in [-0.4, -0.2) is 15.4 Å². The molecule has 0 aliphatic carbocycles. The third-order valence-electron chi connectivity index (χ3n) is 6.09. The summed E-state index contributed by atoms with van der Waals surface area (Å²) in [5.41, 5.74) is 12.4. The summed E-state index contributed by atoms with van der Waals surface area (Å²) < 4.78 is 2.05. The number of allylic oxidation sites excluding steroid dienone is 3. The predicted molar refractivity (Wildman–Crippen MR) is 203 cm³/mol. The fraction of sp³-hybridized carbons (Fsp3) is 0.317. The molecule has 4 aromatic rings. The fourth-order valence-electron chi connectivity index (χ4n) is 4.10. The number of hydrogen-bond donors (Lipinski definition) is 0. The van der Waals surface area contributed by atoms with Crippen molar-refractivity contribution in [1.82, 2.24) is 3.96 Å². The van der Waals surface area contributed by atoms with E-state index >= 15 is 0 Å². The predicted octanol–water partition coefficient (Wildman–Crippen LogP) is 12.0. The largest absolute Gasteiger partial charge is 0.280 e. The molecule has 2 heterocycles. The summed E-state index contributed by atoms with van der Waals surface area (Å²) in [6, 6.07) is 25.9.